The van der Waals surface area contributed by atoms with E-state index < -0.39 is 23.2 Å². The van der Waals surface area contributed by atoms with Gasteiger partial charge >= 0.3 is 5.97 Å². The average Bonchev–Trinajstić information content (AvgIpc) is 2.45. The van der Waals surface area contributed by atoms with Crippen LogP contribution in [0.4, 0.5) is 0 Å². The second-order valence-electron chi connectivity index (χ2n) is 5.82. The topological polar surface area (TPSA) is 83.5 Å². The Balaban J connectivity index is 2.82. The van der Waals surface area contributed by atoms with Crippen molar-refractivity contribution in [1.29, 1.82) is 0 Å². The first-order valence-corrected chi connectivity index (χ1v) is 8.42. The van der Waals surface area contributed by atoms with Crippen molar-refractivity contribution in [2.75, 3.05) is 0 Å². The molecule has 6 heteroatoms. The third-order valence-electron chi connectivity index (χ3n) is 3.19. The molecule has 0 aromatic heterocycles. The standard InChI is InChI=1S/C17H23NO4S/c1-11(2)9-14(17(21)22)18-16(20)15(23-12(3)19)10-13-7-5-4-6-8-13/h4-8,11,14-15H,9-10H2,1-3H3,(H,18,20)(H,21,22)/t14-,15+/m0/s1. The molecule has 0 spiro atoms. The van der Waals surface area contributed by atoms with E-state index in [0.717, 1.165) is 17.3 Å². The number of nitrogens with one attached hydrogen (secondary N) is 1. The summed E-state index contributed by atoms with van der Waals surface area (Å²) >= 11 is 0.931. The molecule has 0 bridgehead atoms. The third kappa shape index (κ3) is 7.32. The molecular weight excluding hydrogens is 314 g/mol. The number of carbonyl (C=O) groups is 3. The zero-order valence-electron chi connectivity index (χ0n) is 13.6. The largest absolute Gasteiger partial charge is 0.480 e. The van der Waals surface area contributed by atoms with Gasteiger partial charge in [-0.1, -0.05) is 55.9 Å². The predicted octanol–water partition coefficient (Wildman–Crippen LogP) is 2.49. The Morgan fingerprint density at radius 2 is 1.78 bits per heavy atom. The molecule has 2 N–H and O–H groups in total. The zero-order valence-corrected chi connectivity index (χ0v) is 14.4. The summed E-state index contributed by atoms with van der Waals surface area (Å²) in [4.78, 5) is 35.1. The minimum Gasteiger partial charge on any atom is -0.480 e. The van der Waals surface area contributed by atoms with Crippen LogP contribution in [0.15, 0.2) is 30.3 Å². The van der Waals surface area contributed by atoms with Crippen molar-refractivity contribution in [2.24, 2.45) is 5.92 Å². The van der Waals surface area contributed by atoms with Gasteiger partial charge in [0.2, 0.25) is 5.91 Å². The van der Waals surface area contributed by atoms with E-state index in [0.29, 0.717) is 12.8 Å². The molecule has 0 aliphatic heterocycles. The lowest BCUT2D eigenvalue weighted by Gasteiger charge is -2.20. The fourth-order valence-corrected chi connectivity index (χ4v) is 3.03. The van der Waals surface area contributed by atoms with Gasteiger partial charge in [0.1, 0.15) is 6.04 Å². The quantitative estimate of drug-likeness (QED) is 0.761. The second-order valence-corrected chi connectivity index (χ2v) is 7.20. The summed E-state index contributed by atoms with van der Waals surface area (Å²) in [6.45, 7) is 5.19. The summed E-state index contributed by atoms with van der Waals surface area (Å²) in [5.41, 5.74) is 0.928. The Morgan fingerprint density at radius 1 is 1.17 bits per heavy atom. The van der Waals surface area contributed by atoms with Gasteiger partial charge in [-0.25, -0.2) is 4.79 Å². The van der Waals surface area contributed by atoms with Crippen LogP contribution in [0.3, 0.4) is 0 Å². The van der Waals surface area contributed by atoms with E-state index in [1.807, 2.05) is 44.2 Å². The van der Waals surface area contributed by atoms with Gasteiger partial charge in [-0.2, -0.15) is 0 Å². The van der Waals surface area contributed by atoms with Crippen LogP contribution in [0.25, 0.3) is 0 Å². The molecule has 0 saturated heterocycles. The molecule has 126 valence electrons. The molecule has 1 aromatic rings. The maximum atomic E-state index is 12.4. The molecule has 1 rings (SSSR count). The van der Waals surface area contributed by atoms with Crippen LogP contribution < -0.4 is 5.32 Å². The van der Waals surface area contributed by atoms with E-state index >= 15 is 0 Å². The lowest BCUT2D eigenvalue weighted by atomic mass is 10.0. The number of carbonyl (C=O) groups excluding carboxylic acids is 2. The van der Waals surface area contributed by atoms with Crippen LogP contribution in [-0.2, 0) is 20.8 Å². The Labute approximate surface area is 140 Å². The Kier molecular flexibility index (Phi) is 7.81. The van der Waals surface area contributed by atoms with Crippen LogP contribution in [0.5, 0.6) is 0 Å². The number of amides is 1. The highest BCUT2D eigenvalue weighted by atomic mass is 32.2. The molecular formula is C17H23NO4S. The molecule has 0 fully saturated rings. The van der Waals surface area contributed by atoms with Crippen molar-refractivity contribution < 1.29 is 19.5 Å². The molecule has 0 heterocycles. The predicted molar refractivity (Wildman–Crippen MR) is 91.2 cm³/mol. The van der Waals surface area contributed by atoms with Gasteiger partial charge < -0.3 is 10.4 Å². The maximum absolute atomic E-state index is 12.4. The van der Waals surface area contributed by atoms with Crippen molar-refractivity contribution in [3.05, 3.63) is 35.9 Å². The molecule has 0 saturated carbocycles. The van der Waals surface area contributed by atoms with Crippen molar-refractivity contribution in [1.82, 2.24) is 5.32 Å². The number of carboxylic acids is 1. The maximum Gasteiger partial charge on any atom is 0.326 e. The Hall–Kier alpha value is -1.82. The first-order valence-electron chi connectivity index (χ1n) is 7.54. The molecule has 0 aliphatic rings. The summed E-state index contributed by atoms with van der Waals surface area (Å²) in [5, 5.41) is 11.0. The Bertz CT molecular complexity index is 545. The molecule has 0 aliphatic carbocycles. The summed E-state index contributed by atoms with van der Waals surface area (Å²) < 4.78 is 0. The van der Waals surface area contributed by atoms with Crippen molar-refractivity contribution in [3.63, 3.8) is 0 Å². The highest BCUT2D eigenvalue weighted by molar-refractivity contribution is 8.14. The second kappa shape index (κ2) is 9.35. The molecule has 5 nitrogen and oxygen atoms in total. The number of hydrogen-bond acceptors (Lipinski definition) is 4. The fraction of sp³-hybridized carbons (Fsp3) is 0.471. The number of aliphatic carboxylic acids is 1. The van der Waals surface area contributed by atoms with Crippen LogP contribution in [0, 0.1) is 5.92 Å². The number of thioether (sulfide) groups is 1. The molecule has 0 unspecified atom stereocenters. The van der Waals surface area contributed by atoms with Crippen LogP contribution in [0.1, 0.15) is 32.8 Å². The van der Waals surface area contributed by atoms with Crippen LogP contribution in [0.2, 0.25) is 0 Å². The first kappa shape index (κ1) is 19.2. The molecule has 0 radical (unpaired) electrons. The fourth-order valence-electron chi connectivity index (χ4n) is 2.17. The molecule has 23 heavy (non-hydrogen) atoms. The number of benzene rings is 1. The summed E-state index contributed by atoms with van der Waals surface area (Å²) in [6, 6.07) is 8.42. The summed E-state index contributed by atoms with van der Waals surface area (Å²) in [5.74, 6) is -1.33. The van der Waals surface area contributed by atoms with Crippen molar-refractivity contribution in [2.45, 2.75) is 44.9 Å². The number of carboxylic acid groups (broad SMARTS) is 1. The van der Waals surface area contributed by atoms with Crippen LogP contribution in [-0.4, -0.2) is 33.4 Å². The van der Waals surface area contributed by atoms with Gasteiger partial charge in [0.15, 0.2) is 5.12 Å². The third-order valence-corrected chi connectivity index (χ3v) is 4.18. The smallest absolute Gasteiger partial charge is 0.326 e. The number of hydrogen-bond donors (Lipinski definition) is 2. The molecule has 1 amide bonds. The van der Waals surface area contributed by atoms with Crippen LogP contribution >= 0.6 is 11.8 Å². The van der Waals surface area contributed by atoms with E-state index in [1.54, 1.807) is 0 Å². The normalized spacial score (nSPS) is 13.4. The molecule has 1 aromatic carbocycles. The van der Waals surface area contributed by atoms with Gasteiger partial charge in [-0.05, 0) is 24.3 Å². The highest BCUT2D eigenvalue weighted by Gasteiger charge is 2.27. The average molecular weight is 337 g/mol. The monoisotopic (exact) mass is 337 g/mol. The summed E-state index contributed by atoms with van der Waals surface area (Å²) in [7, 11) is 0. The van der Waals surface area contributed by atoms with Crippen molar-refractivity contribution in [3.8, 4) is 0 Å². The summed E-state index contributed by atoms with van der Waals surface area (Å²) in [6.07, 6.45) is 0.731. The first-order chi connectivity index (χ1) is 10.8. The van der Waals surface area contributed by atoms with E-state index in [1.165, 1.54) is 6.92 Å². The van der Waals surface area contributed by atoms with E-state index in [-0.39, 0.29) is 11.0 Å². The Morgan fingerprint density at radius 3 is 2.26 bits per heavy atom. The number of rotatable bonds is 8. The SMILES string of the molecule is CC(=O)S[C@H](Cc1ccccc1)C(=O)N[C@@H](CC(C)C)C(=O)O. The lowest BCUT2D eigenvalue weighted by molar-refractivity contribution is -0.142. The lowest BCUT2D eigenvalue weighted by Crippen LogP contribution is -2.46. The van der Waals surface area contributed by atoms with E-state index in [2.05, 4.69) is 5.32 Å². The van der Waals surface area contributed by atoms with Gasteiger partial charge in [0.05, 0.1) is 5.25 Å². The van der Waals surface area contributed by atoms with Gasteiger partial charge in [-0.15, -0.1) is 0 Å². The minimum absolute atomic E-state index is 0.143. The van der Waals surface area contributed by atoms with Gasteiger partial charge in [-0.3, -0.25) is 9.59 Å². The van der Waals surface area contributed by atoms with Gasteiger partial charge in [0.25, 0.3) is 0 Å². The molecule has 2 atom stereocenters. The van der Waals surface area contributed by atoms with E-state index in [4.69, 9.17) is 0 Å². The highest BCUT2D eigenvalue weighted by Crippen LogP contribution is 2.18. The zero-order chi connectivity index (χ0) is 17.4. The van der Waals surface area contributed by atoms with Gasteiger partial charge in [0, 0.05) is 6.92 Å². The minimum atomic E-state index is -1.06. The van der Waals surface area contributed by atoms with E-state index in [9.17, 15) is 19.5 Å². The van der Waals surface area contributed by atoms with Crippen molar-refractivity contribution >= 4 is 28.8 Å².